The Labute approximate surface area is 124 Å². The molecule has 0 aliphatic rings. The molecule has 2 heterocycles. The summed E-state index contributed by atoms with van der Waals surface area (Å²) in [6.07, 6.45) is 0. The zero-order valence-corrected chi connectivity index (χ0v) is 12.3. The molecule has 0 spiro atoms. The molecule has 0 atom stereocenters. The number of pyridine rings is 1. The maximum absolute atomic E-state index is 11.6. The maximum atomic E-state index is 11.6. The molecule has 0 unspecified atom stereocenters. The van der Waals surface area contributed by atoms with E-state index in [0.29, 0.717) is 22.2 Å². The molecule has 2 aromatic heterocycles. The molecule has 2 N–H and O–H groups in total. The third-order valence-corrected chi connectivity index (χ3v) is 3.61. The van der Waals surface area contributed by atoms with Crippen LogP contribution in [0.3, 0.4) is 0 Å². The highest BCUT2D eigenvalue weighted by Crippen LogP contribution is 2.24. The van der Waals surface area contributed by atoms with Gasteiger partial charge in [0.25, 0.3) is 0 Å². The smallest absolute Gasteiger partial charge is 0.313 e. The van der Waals surface area contributed by atoms with E-state index in [1.165, 1.54) is 14.2 Å². The van der Waals surface area contributed by atoms with Gasteiger partial charge in [0.2, 0.25) is 11.8 Å². The number of carboxylic acid groups (broad SMARTS) is 1. The SMILES string of the molecule is CNC(=O)Cn1c(SCC(=O)O)nc2ccc(OC)nc21. The van der Waals surface area contributed by atoms with E-state index in [9.17, 15) is 9.59 Å². The van der Waals surface area contributed by atoms with Crippen molar-refractivity contribution >= 4 is 34.8 Å². The number of nitrogens with one attached hydrogen (secondary N) is 1. The molecule has 112 valence electrons. The second-order valence-corrected chi connectivity index (χ2v) is 4.97. The van der Waals surface area contributed by atoms with Gasteiger partial charge in [-0.1, -0.05) is 11.8 Å². The monoisotopic (exact) mass is 310 g/mol. The van der Waals surface area contributed by atoms with Crippen LogP contribution in [0, 0.1) is 0 Å². The standard InChI is InChI=1S/C12H14N4O4S/c1-13-8(17)5-16-11-7(3-4-9(15-11)20-2)14-12(16)21-6-10(18)19/h3-4H,5-6H2,1-2H3,(H,13,17)(H,18,19). The van der Waals surface area contributed by atoms with Gasteiger partial charge in [0.15, 0.2) is 10.8 Å². The number of likely N-dealkylation sites (N-methyl/N-ethyl adjacent to an activating group) is 1. The minimum absolute atomic E-state index is 0.00905. The summed E-state index contributed by atoms with van der Waals surface area (Å²) in [5, 5.41) is 11.7. The lowest BCUT2D eigenvalue weighted by atomic mass is 10.4. The molecule has 21 heavy (non-hydrogen) atoms. The quantitative estimate of drug-likeness (QED) is 0.742. The van der Waals surface area contributed by atoms with Gasteiger partial charge in [-0.05, 0) is 6.07 Å². The minimum Gasteiger partial charge on any atom is -0.481 e. The van der Waals surface area contributed by atoms with E-state index in [4.69, 9.17) is 9.84 Å². The van der Waals surface area contributed by atoms with E-state index >= 15 is 0 Å². The average molecular weight is 310 g/mol. The number of imidazole rings is 1. The number of carboxylic acids is 1. The molecule has 0 radical (unpaired) electrons. The van der Waals surface area contributed by atoms with Crippen molar-refractivity contribution in [1.29, 1.82) is 0 Å². The van der Waals surface area contributed by atoms with Gasteiger partial charge in [0, 0.05) is 13.1 Å². The Morgan fingerprint density at radius 3 is 2.81 bits per heavy atom. The van der Waals surface area contributed by atoms with E-state index in [0.717, 1.165) is 11.8 Å². The predicted octanol–water partition coefficient (Wildman–Crippen LogP) is 0.363. The van der Waals surface area contributed by atoms with Crippen LogP contribution in [-0.4, -0.2) is 51.4 Å². The molecule has 0 bridgehead atoms. The van der Waals surface area contributed by atoms with Gasteiger partial charge in [0.1, 0.15) is 12.1 Å². The van der Waals surface area contributed by atoms with Crippen molar-refractivity contribution in [3.8, 4) is 5.88 Å². The van der Waals surface area contributed by atoms with Crippen LogP contribution < -0.4 is 10.1 Å². The number of hydrogen-bond acceptors (Lipinski definition) is 6. The fraction of sp³-hybridized carbons (Fsp3) is 0.333. The highest BCUT2D eigenvalue weighted by atomic mass is 32.2. The number of hydrogen-bond donors (Lipinski definition) is 2. The summed E-state index contributed by atoms with van der Waals surface area (Å²) < 4.78 is 6.64. The summed E-state index contributed by atoms with van der Waals surface area (Å²) >= 11 is 1.04. The van der Waals surface area contributed by atoms with Crippen LogP contribution in [0.2, 0.25) is 0 Å². The Morgan fingerprint density at radius 2 is 2.19 bits per heavy atom. The number of amides is 1. The maximum Gasteiger partial charge on any atom is 0.313 e. The molecule has 0 aliphatic carbocycles. The first-order valence-corrected chi connectivity index (χ1v) is 7.00. The third kappa shape index (κ3) is 3.43. The number of carbonyl (C=O) groups excluding carboxylic acids is 1. The van der Waals surface area contributed by atoms with Crippen LogP contribution in [-0.2, 0) is 16.1 Å². The third-order valence-electron chi connectivity index (χ3n) is 2.65. The first-order chi connectivity index (χ1) is 10.0. The molecule has 8 nitrogen and oxygen atoms in total. The molecule has 9 heteroatoms. The van der Waals surface area contributed by atoms with Gasteiger partial charge in [-0.3, -0.25) is 14.2 Å². The Balaban J connectivity index is 2.46. The topological polar surface area (TPSA) is 106 Å². The highest BCUT2D eigenvalue weighted by Gasteiger charge is 2.16. The number of fused-ring (bicyclic) bond motifs is 1. The largest absolute Gasteiger partial charge is 0.481 e. The second-order valence-electron chi connectivity index (χ2n) is 4.03. The van der Waals surface area contributed by atoms with Crippen molar-refractivity contribution in [3.63, 3.8) is 0 Å². The van der Waals surface area contributed by atoms with Gasteiger partial charge < -0.3 is 15.2 Å². The molecule has 2 aromatic rings. The van der Waals surface area contributed by atoms with Crippen LogP contribution in [0.4, 0.5) is 0 Å². The van der Waals surface area contributed by atoms with Crippen LogP contribution in [0.1, 0.15) is 0 Å². The number of ether oxygens (including phenoxy) is 1. The molecule has 2 rings (SSSR count). The van der Waals surface area contributed by atoms with Crippen LogP contribution in [0.25, 0.3) is 11.2 Å². The van der Waals surface area contributed by atoms with Crippen molar-refractivity contribution in [2.45, 2.75) is 11.7 Å². The molecular formula is C12H14N4O4S. The van der Waals surface area contributed by atoms with Crippen molar-refractivity contribution in [2.75, 3.05) is 19.9 Å². The zero-order chi connectivity index (χ0) is 15.4. The summed E-state index contributed by atoms with van der Waals surface area (Å²) in [5.74, 6) is -0.927. The number of rotatable bonds is 6. The van der Waals surface area contributed by atoms with Crippen LogP contribution >= 0.6 is 11.8 Å². The van der Waals surface area contributed by atoms with Crippen molar-refractivity contribution in [1.82, 2.24) is 19.9 Å². The molecule has 0 aromatic carbocycles. The minimum atomic E-state index is -0.955. The summed E-state index contributed by atoms with van der Waals surface area (Å²) in [6, 6.07) is 3.37. The number of methoxy groups -OCH3 is 1. The Hall–Kier alpha value is -2.29. The lowest BCUT2D eigenvalue weighted by Gasteiger charge is -2.07. The number of carbonyl (C=O) groups is 2. The van der Waals surface area contributed by atoms with E-state index < -0.39 is 5.97 Å². The molecule has 0 saturated carbocycles. The molecular weight excluding hydrogens is 296 g/mol. The normalized spacial score (nSPS) is 10.6. The van der Waals surface area contributed by atoms with Gasteiger partial charge in [-0.25, -0.2) is 4.98 Å². The Bertz CT molecular complexity index is 685. The summed E-state index contributed by atoms with van der Waals surface area (Å²) in [5.41, 5.74) is 1.05. The lowest BCUT2D eigenvalue weighted by molar-refractivity contribution is -0.133. The highest BCUT2D eigenvalue weighted by molar-refractivity contribution is 7.99. The average Bonchev–Trinajstić information content (AvgIpc) is 2.82. The van der Waals surface area contributed by atoms with E-state index in [1.807, 2.05) is 0 Å². The lowest BCUT2D eigenvalue weighted by Crippen LogP contribution is -2.24. The molecule has 0 fully saturated rings. The molecule has 1 amide bonds. The fourth-order valence-corrected chi connectivity index (χ4v) is 2.40. The Morgan fingerprint density at radius 1 is 1.43 bits per heavy atom. The first-order valence-electron chi connectivity index (χ1n) is 6.01. The van der Waals surface area contributed by atoms with Crippen molar-refractivity contribution in [3.05, 3.63) is 12.1 Å². The van der Waals surface area contributed by atoms with Crippen LogP contribution in [0.15, 0.2) is 17.3 Å². The Kier molecular flexibility index (Phi) is 4.63. The van der Waals surface area contributed by atoms with Crippen LogP contribution in [0.5, 0.6) is 5.88 Å². The zero-order valence-electron chi connectivity index (χ0n) is 11.5. The summed E-state index contributed by atoms with van der Waals surface area (Å²) in [7, 11) is 3.02. The van der Waals surface area contributed by atoms with Gasteiger partial charge in [-0.2, -0.15) is 4.98 Å². The van der Waals surface area contributed by atoms with Gasteiger partial charge in [0.05, 0.1) is 12.9 Å². The first kappa shape index (κ1) is 15.1. The molecule has 0 saturated heterocycles. The van der Waals surface area contributed by atoms with Gasteiger partial charge in [-0.15, -0.1) is 0 Å². The summed E-state index contributed by atoms with van der Waals surface area (Å²) in [4.78, 5) is 30.9. The number of thioether (sulfide) groups is 1. The predicted molar refractivity (Wildman–Crippen MR) is 76.5 cm³/mol. The van der Waals surface area contributed by atoms with Gasteiger partial charge >= 0.3 is 5.97 Å². The number of nitrogens with zero attached hydrogens (tertiary/aromatic N) is 3. The fourth-order valence-electron chi connectivity index (χ4n) is 1.68. The number of aliphatic carboxylic acids is 1. The van der Waals surface area contributed by atoms with E-state index in [2.05, 4.69) is 15.3 Å². The van der Waals surface area contributed by atoms with E-state index in [1.54, 1.807) is 16.7 Å². The second kappa shape index (κ2) is 6.44. The summed E-state index contributed by atoms with van der Waals surface area (Å²) in [6.45, 7) is 0.00905. The van der Waals surface area contributed by atoms with E-state index in [-0.39, 0.29) is 18.2 Å². The van der Waals surface area contributed by atoms with Crippen molar-refractivity contribution in [2.24, 2.45) is 0 Å². The van der Waals surface area contributed by atoms with Crippen molar-refractivity contribution < 1.29 is 19.4 Å². The number of aromatic nitrogens is 3. The molecule has 0 aliphatic heterocycles.